The molecule has 2 heterocycles. The van der Waals surface area contributed by atoms with Crippen LogP contribution >= 0.6 is 0 Å². The Kier molecular flexibility index (Phi) is 2.18. The quantitative estimate of drug-likeness (QED) is 0.749. The fourth-order valence-corrected chi connectivity index (χ4v) is 2.22. The van der Waals surface area contributed by atoms with Gasteiger partial charge in [-0.05, 0) is 24.5 Å². The van der Waals surface area contributed by atoms with Gasteiger partial charge in [0.05, 0.1) is 12.8 Å². The van der Waals surface area contributed by atoms with Crippen molar-refractivity contribution in [3.63, 3.8) is 0 Å². The first kappa shape index (κ1) is 10.0. The van der Waals surface area contributed by atoms with E-state index in [4.69, 9.17) is 4.74 Å². The Morgan fingerprint density at radius 3 is 3.18 bits per heavy atom. The van der Waals surface area contributed by atoms with Crippen molar-refractivity contribution in [1.29, 1.82) is 0 Å². The monoisotopic (exact) mass is 229 g/mol. The number of fused-ring (bicyclic) bond motifs is 3. The molecule has 86 valence electrons. The minimum atomic E-state index is -0.369. The lowest BCUT2D eigenvalue weighted by Crippen LogP contribution is -2.09. The number of nitrogens with one attached hydrogen (secondary N) is 1. The molecule has 2 aromatic heterocycles. The third kappa shape index (κ3) is 1.43. The van der Waals surface area contributed by atoms with Crippen molar-refractivity contribution >= 4 is 5.97 Å². The van der Waals surface area contributed by atoms with Gasteiger partial charge in [0.25, 0.3) is 0 Å². The molecule has 1 N–H and O–H groups in total. The van der Waals surface area contributed by atoms with Crippen LogP contribution < -0.4 is 0 Å². The second kappa shape index (κ2) is 3.69. The van der Waals surface area contributed by atoms with Gasteiger partial charge < -0.3 is 4.74 Å². The Balaban J connectivity index is 2.16. The van der Waals surface area contributed by atoms with E-state index in [2.05, 4.69) is 15.2 Å². The Labute approximate surface area is 97.8 Å². The maximum absolute atomic E-state index is 11.5. The number of hydrogen-bond donors (Lipinski definition) is 1. The number of hydrogen-bond acceptors (Lipinski definition) is 4. The molecule has 3 rings (SSSR count). The molecule has 0 bridgehead atoms. The molecular formula is C12H11N3O2. The SMILES string of the molecule is COC(=O)c1[nH]nc2c1CCc1ccncc1-2. The number of ether oxygens (including phenoxy) is 1. The van der Waals surface area contributed by atoms with Crippen LogP contribution in [0, 0.1) is 0 Å². The van der Waals surface area contributed by atoms with Gasteiger partial charge in [-0.2, -0.15) is 5.10 Å². The van der Waals surface area contributed by atoms with Crippen LogP contribution in [-0.2, 0) is 17.6 Å². The van der Waals surface area contributed by atoms with Gasteiger partial charge in [-0.25, -0.2) is 4.79 Å². The van der Waals surface area contributed by atoms with E-state index >= 15 is 0 Å². The molecule has 2 aromatic rings. The zero-order valence-corrected chi connectivity index (χ0v) is 9.36. The van der Waals surface area contributed by atoms with Crippen LogP contribution in [0.25, 0.3) is 11.3 Å². The number of aromatic nitrogens is 3. The Hall–Kier alpha value is -2.17. The summed E-state index contributed by atoms with van der Waals surface area (Å²) < 4.78 is 4.72. The number of rotatable bonds is 1. The van der Waals surface area contributed by atoms with E-state index in [1.54, 1.807) is 12.4 Å². The second-order valence-corrected chi connectivity index (χ2v) is 3.95. The maximum atomic E-state index is 11.5. The van der Waals surface area contributed by atoms with Gasteiger partial charge in [0.1, 0.15) is 5.69 Å². The highest BCUT2D eigenvalue weighted by Crippen LogP contribution is 2.32. The molecule has 0 saturated heterocycles. The summed E-state index contributed by atoms with van der Waals surface area (Å²) in [6.45, 7) is 0. The largest absolute Gasteiger partial charge is 0.464 e. The van der Waals surface area contributed by atoms with E-state index in [1.807, 2.05) is 6.07 Å². The topological polar surface area (TPSA) is 67.9 Å². The first-order chi connectivity index (χ1) is 8.31. The fraction of sp³-hybridized carbons (Fsp3) is 0.250. The number of methoxy groups -OCH3 is 1. The van der Waals surface area contributed by atoms with Gasteiger partial charge in [-0.3, -0.25) is 10.1 Å². The predicted octanol–water partition coefficient (Wildman–Crippen LogP) is 1.36. The molecule has 17 heavy (non-hydrogen) atoms. The summed E-state index contributed by atoms with van der Waals surface area (Å²) in [6.07, 6.45) is 5.26. The van der Waals surface area contributed by atoms with Gasteiger partial charge in [-0.1, -0.05) is 0 Å². The number of esters is 1. The lowest BCUT2D eigenvalue weighted by molar-refractivity contribution is 0.0592. The van der Waals surface area contributed by atoms with Gasteiger partial charge in [0, 0.05) is 23.5 Å². The average Bonchev–Trinajstić information content (AvgIpc) is 2.82. The summed E-state index contributed by atoms with van der Waals surface area (Å²) in [5, 5.41) is 6.96. The zero-order chi connectivity index (χ0) is 11.8. The molecule has 0 atom stereocenters. The summed E-state index contributed by atoms with van der Waals surface area (Å²) in [5.74, 6) is -0.369. The molecule has 5 nitrogen and oxygen atoms in total. The van der Waals surface area contributed by atoms with Gasteiger partial charge in [0.2, 0.25) is 0 Å². The summed E-state index contributed by atoms with van der Waals surface area (Å²) in [7, 11) is 1.37. The summed E-state index contributed by atoms with van der Waals surface area (Å²) in [4.78, 5) is 15.7. The van der Waals surface area contributed by atoms with Crippen molar-refractivity contribution in [3.8, 4) is 11.3 Å². The van der Waals surface area contributed by atoms with E-state index in [0.29, 0.717) is 5.69 Å². The lowest BCUT2D eigenvalue weighted by atomic mass is 9.90. The van der Waals surface area contributed by atoms with Gasteiger partial charge >= 0.3 is 5.97 Å². The van der Waals surface area contributed by atoms with E-state index in [9.17, 15) is 4.79 Å². The van der Waals surface area contributed by atoms with E-state index in [1.165, 1.54) is 12.7 Å². The second-order valence-electron chi connectivity index (χ2n) is 3.95. The molecule has 0 unspecified atom stereocenters. The molecule has 1 aliphatic rings. The predicted molar refractivity (Wildman–Crippen MR) is 60.6 cm³/mol. The first-order valence-electron chi connectivity index (χ1n) is 5.40. The number of pyridine rings is 1. The number of nitrogens with zero attached hydrogens (tertiary/aromatic N) is 2. The van der Waals surface area contributed by atoms with Crippen LogP contribution in [0.4, 0.5) is 0 Å². The molecule has 0 aliphatic heterocycles. The van der Waals surface area contributed by atoms with E-state index < -0.39 is 0 Å². The normalized spacial score (nSPS) is 12.8. The van der Waals surface area contributed by atoms with Crippen molar-refractivity contribution < 1.29 is 9.53 Å². The number of carbonyl (C=O) groups is 1. The standard InChI is InChI=1S/C12H11N3O2/c1-17-12(16)11-8-3-2-7-4-5-13-6-9(7)10(8)14-15-11/h4-6H,2-3H2,1H3,(H,14,15). The minimum absolute atomic E-state index is 0.369. The van der Waals surface area contributed by atoms with Crippen molar-refractivity contribution in [1.82, 2.24) is 15.2 Å². The molecule has 5 heteroatoms. The molecule has 0 saturated carbocycles. The smallest absolute Gasteiger partial charge is 0.356 e. The average molecular weight is 229 g/mol. The van der Waals surface area contributed by atoms with E-state index in [0.717, 1.165) is 29.7 Å². The minimum Gasteiger partial charge on any atom is -0.464 e. The number of H-pyrrole nitrogens is 1. The third-order valence-corrected chi connectivity index (χ3v) is 3.07. The Morgan fingerprint density at radius 2 is 2.35 bits per heavy atom. The summed E-state index contributed by atoms with van der Waals surface area (Å²) in [5.41, 5.74) is 4.42. The molecule has 0 aromatic carbocycles. The van der Waals surface area contributed by atoms with Gasteiger partial charge in [0.15, 0.2) is 0 Å². The molecule has 0 fully saturated rings. The number of aromatic amines is 1. The van der Waals surface area contributed by atoms with Crippen LogP contribution in [-0.4, -0.2) is 28.3 Å². The van der Waals surface area contributed by atoms with Crippen LogP contribution in [0.2, 0.25) is 0 Å². The van der Waals surface area contributed by atoms with Crippen molar-refractivity contribution in [2.45, 2.75) is 12.8 Å². The summed E-state index contributed by atoms with van der Waals surface area (Å²) >= 11 is 0. The Bertz CT molecular complexity index is 589. The highest BCUT2D eigenvalue weighted by molar-refractivity contribution is 5.91. The zero-order valence-electron chi connectivity index (χ0n) is 9.36. The highest BCUT2D eigenvalue weighted by atomic mass is 16.5. The number of aryl methyl sites for hydroxylation is 1. The highest BCUT2D eigenvalue weighted by Gasteiger charge is 2.25. The molecule has 0 amide bonds. The maximum Gasteiger partial charge on any atom is 0.356 e. The van der Waals surface area contributed by atoms with Crippen molar-refractivity contribution in [2.75, 3.05) is 7.11 Å². The van der Waals surface area contributed by atoms with Crippen LogP contribution in [0.3, 0.4) is 0 Å². The lowest BCUT2D eigenvalue weighted by Gasteiger charge is -2.14. The molecule has 0 spiro atoms. The summed E-state index contributed by atoms with van der Waals surface area (Å²) in [6, 6.07) is 1.99. The van der Waals surface area contributed by atoms with Crippen LogP contribution in [0.1, 0.15) is 21.6 Å². The van der Waals surface area contributed by atoms with Crippen LogP contribution in [0.15, 0.2) is 18.5 Å². The molecule has 1 aliphatic carbocycles. The van der Waals surface area contributed by atoms with Gasteiger partial charge in [-0.15, -0.1) is 0 Å². The Morgan fingerprint density at radius 1 is 1.47 bits per heavy atom. The first-order valence-corrected chi connectivity index (χ1v) is 5.40. The number of carbonyl (C=O) groups excluding carboxylic acids is 1. The third-order valence-electron chi connectivity index (χ3n) is 3.07. The molecular weight excluding hydrogens is 218 g/mol. The fourth-order valence-electron chi connectivity index (χ4n) is 2.22. The van der Waals surface area contributed by atoms with Crippen LogP contribution in [0.5, 0.6) is 0 Å². The van der Waals surface area contributed by atoms with Crippen molar-refractivity contribution in [2.24, 2.45) is 0 Å². The van der Waals surface area contributed by atoms with E-state index in [-0.39, 0.29) is 5.97 Å². The van der Waals surface area contributed by atoms with Crippen molar-refractivity contribution in [3.05, 3.63) is 35.3 Å². The molecule has 0 radical (unpaired) electrons.